The van der Waals surface area contributed by atoms with Crippen molar-refractivity contribution in [2.24, 2.45) is 0 Å². The lowest BCUT2D eigenvalue weighted by atomic mass is 10.0. The van der Waals surface area contributed by atoms with E-state index in [4.69, 9.17) is 4.74 Å². The van der Waals surface area contributed by atoms with Crippen LogP contribution in [0.1, 0.15) is 26.3 Å². The third kappa shape index (κ3) is 4.43. The van der Waals surface area contributed by atoms with Crippen molar-refractivity contribution >= 4 is 17.5 Å². The second kappa shape index (κ2) is 8.60. The van der Waals surface area contributed by atoms with Gasteiger partial charge in [-0.15, -0.1) is 0 Å². The Bertz CT molecular complexity index is 1140. The Morgan fingerprint density at radius 3 is 2.39 bits per heavy atom. The molecular formula is C25H23FN2O3. The van der Waals surface area contributed by atoms with Gasteiger partial charge < -0.3 is 15.0 Å². The van der Waals surface area contributed by atoms with Gasteiger partial charge in [0.25, 0.3) is 11.8 Å². The molecule has 1 N–H and O–H groups in total. The fourth-order valence-electron chi connectivity index (χ4n) is 3.50. The van der Waals surface area contributed by atoms with Crippen LogP contribution in [0, 0.1) is 6.92 Å². The molecule has 31 heavy (non-hydrogen) atoms. The number of alkyl halides is 1. The maximum absolute atomic E-state index is 13.1. The number of nitrogens with one attached hydrogen (secondary N) is 1. The minimum atomic E-state index is -0.953. The molecule has 0 aromatic heterocycles. The van der Waals surface area contributed by atoms with E-state index in [1.165, 1.54) is 4.90 Å². The van der Waals surface area contributed by atoms with Crippen LogP contribution in [-0.2, 0) is 0 Å². The molecule has 1 aliphatic rings. The molecule has 6 heteroatoms. The summed E-state index contributed by atoms with van der Waals surface area (Å²) in [7, 11) is 1.61. The summed E-state index contributed by atoms with van der Waals surface area (Å²) >= 11 is 0. The molecule has 0 radical (unpaired) electrons. The first kappa shape index (κ1) is 20.6. The average Bonchev–Trinajstić information content (AvgIpc) is 2.78. The molecule has 3 aromatic carbocycles. The van der Waals surface area contributed by atoms with E-state index in [1.54, 1.807) is 31.4 Å². The van der Waals surface area contributed by atoms with Gasteiger partial charge in [0.1, 0.15) is 11.9 Å². The number of carbonyl (C=O) groups excluding carboxylic acids is 2. The summed E-state index contributed by atoms with van der Waals surface area (Å²) in [6.45, 7) is 2.09. The number of nitrogens with zero attached hydrogens (tertiary/aromatic N) is 1. The summed E-state index contributed by atoms with van der Waals surface area (Å²) in [5.41, 5.74) is 4.16. The van der Waals surface area contributed by atoms with Gasteiger partial charge in [-0.3, -0.25) is 9.59 Å². The second-order valence-electron chi connectivity index (χ2n) is 7.60. The molecule has 0 aliphatic carbocycles. The number of rotatable bonds is 5. The number of halogens is 1. The molecule has 2 amide bonds. The third-order valence-electron chi connectivity index (χ3n) is 5.38. The lowest BCUT2D eigenvalue weighted by Crippen LogP contribution is -2.51. The highest BCUT2D eigenvalue weighted by Crippen LogP contribution is 2.26. The number of aryl methyl sites for hydroxylation is 1. The Hall–Kier alpha value is -3.67. The number of hydrogen-bond acceptors (Lipinski definition) is 3. The van der Waals surface area contributed by atoms with E-state index in [0.717, 1.165) is 22.4 Å². The number of methoxy groups -OCH3 is 1. The van der Waals surface area contributed by atoms with Gasteiger partial charge in [-0.25, -0.2) is 4.39 Å². The van der Waals surface area contributed by atoms with Crippen LogP contribution in [0.3, 0.4) is 0 Å². The first-order valence-electron chi connectivity index (χ1n) is 10.0. The highest BCUT2D eigenvalue weighted by atomic mass is 19.1. The van der Waals surface area contributed by atoms with Crippen LogP contribution in [0.4, 0.5) is 10.1 Å². The summed E-state index contributed by atoms with van der Waals surface area (Å²) in [4.78, 5) is 26.9. The quantitative estimate of drug-likeness (QED) is 0.653. The van der Waals surface area contributed by atoms with Gasteiger partial charge in [0, 0.05) is 16.8 Å². The van der Waals surface area contributed by atoms with E-state index < -0.39 is 6.17 Å². The lowest BCUT2D eigenvalue weighted by molar-refractivity contribution is 0.0400. The fourth-order valence-corrected chi connectivity index (χ4v) is 3.50. The predicted octanol–water partition coefficient (Wildman–Crippen LogP) is 4.72. The molecule has 0 bridgehead atoms. The lowest BCUT2D eigenvalue weighted by Gasteiger charge is -2.34. The Kier molecular flexibility index (Phi) is 5.71. The van der Waals surface area contributed by atoms with E-state index in [9.17, 15) is 14.0 Å². The number of hydrogen-bond donors (Lipinski definition) is 1. The second-order valence-corrected chi connectivity index (χ2v) is 7.60. The number of benzene rings is 3. The zero-order valence-corrected chi connectivity index (χ0v) is 17.4. The minimum Gasteiger partial charge on any atom is -0.497 e. The molecule has 0 unspecified atom stereocenters. The van der Waals surface area contributed by atoms with Gasteiger partial charge in [-0.2, -0.15) is 0 Å². The molecule has 1 heterocycles. The van der Waals surface area contributed by atoms with Gasteiger partial charge in [0.2, 0.25) is 0 Å². The van der Waals surface area contributed by atoms with E-state index in [-0.39, 0.29) is 24.9 Å². The van der Waals surface area contributed by atoms with Crippen LogP contribution in [-0.4, -0.2) is 43.1 Å². The monoisotopic (exact) mass is 418 g/mol. The van der Waals surface area contributed by atoms with Crippen LogP contribution >= 0.6 is 0 Å². The van der Waals surface area contributed by atoms with Crippen molar-refractivity contribution < 1.29 is 18.7 Å². The van der Waals surface area contributed by atoms with Gasteiger partial charge >= 0.3 is 0 Å². The average molecular weight is 418 g/mol. The van der Waals surface area contributed by atoms with Gasteiger partial charge in [-0.05, 0) is 60.0 Å². The van der Waals surface area contributed by atoms with E-state index in [1.807, 2.05) is 49.4 Å². The van der Waals surface area contributed by atoms with Crippen LogP contribution in [0.5, 0.6) is 5.75 Å². The van der Waals surface area contributed by atoms with Gasteiger partial charge in [-0.1, -0.05) is 30.3 Å². The Balaban J connectivity index is 1.54. The van der Waals surface area contributed by atoms with Crippen molar-refractivity contribution in [3.63, 3.8) is 0 Å². The van der Waals surface area contributed by atoms with E-state index in [2.05, 4.69) is 5.32 Å². The van der Waals surface area contributed by atoms with E-state index in [0.29, 0.717) is 16.8 Å². The van der Waals surface area contributed by atoms with Gasteiger partial charge in [0.15, 0.2) is 0 Å². The highest BCUT2D eigenvalue weighted by Gasteiger charge is 2.31. The van der Waals surface area contributed by atoms with Crippen LogP contribution < -0.4 is 10.1 Å². The topological polar surface area (TPSA) is 58.6 Å². The Labute approximate surface area is 180 Å². The number of carbonyl (C=O) groups is 2. The molecule has 1 aliphatic heterocycles. The first-order valence-corrected chi connectivity index (χ1v) is 10.0. The summed E-state index contributed by atoms with van der Waals surface area (Å²) < 4.78 is 18.4. The molecule has 158 valence electrons. The molecule has 0 saturated carbocycles. The smallest absolute Gasteiger partial charge is 0.255 e. The number of amides is 2. The standard InChI is InChI=1S/C25H23FN2O3/c1-16-9-10-20(25(30)28-14-21(26)15-28)13-23(16)27-24(29)19-7-3-5-17(11-19)18-6-4-8-22(12-18)31-2/h3-13,21H,14-15H2,1-2H3,(H,27,29). The number of ether oxygens (including phenoxy) is 1. The summed E-state index contributed by atoms with van der Waals surface area (Å²) in [6, 6.07) is 20.1. The van der Waals surface area contributed by atoms with Crippen molar-refractivity contribution in [3.8, 4) is 16.9 Å². The molecule has 1 fully saturated rings. The normalized spacial score (nSPS) is 13.5. The molecular weight excluding hydrogens is 395 g/mol. The largest absolute Gasteiger partial charge is 0.497 e. The molecule has 1 saturated heterocycles. The molecule has 3 aromatic rings. The molecule has 4 rings (SSSR count). The maximum Gasteiger partial charge on any atom is 0.255 e. The predicted molar refractivity (Wildman–Crippen MR) is 118 cm³/mol. The Morgan fingerprint density at radius 2 is 1.68 bits per heavy atom. The van der Waals surface area contributed by atoms with Crippen molar-refractivity contribution in [1.82, 2.24) is 4.90 Å². The van der Waals surface area contributed by atoms with Crippen molar-refractivity contribution in [1.29, 1.82) is 0 Å². The van der Waals surface area contributed by atoms with Crippen molar-refractivity contribution in [2.75, 3.05) is 25.5 Å². The summed E-state index contributed by atoms with van der Waals surface area (Å²) in [6.07, 6.45) is -0.953. The highest BCUT2D eigenvalue weighted by molar-refractivity contribution is 6.06. The van der Waals surface area contributed by atoms with Gasteiger partial charge in [0.05, 0.1) is 20.2 Å². The first-order chi connectivity index (χ1) is 14.9. The zero-order chi connectivity index (χ0) is 22.0. The summed E-state index contributed by atoms with van der Waals surface area (Å²) in [5.74, 6) is 0.236. The fraction of sp³-hybridized carbons (Fsp3) is 0.200. The summed E-state index contributed by atoms with van der Waals surface area (Å²) in [5, 5.41) is 2.90. The van der Waals surface area contributed by atoms with Crippen LogP contribution in [0.15, 0.2) is 66.7 Å². The SMILES string of the molecule is COc1cccc(-c2cccc(C(=O)Nc3cc(C(=O)N4CC(F)C4)ccc3C)c2)c1. The molecule has 5 nitrogen and oxygen atoms in total. The molecule has 0 atom stereocenters. The number of likely N-dealkylation sites (tertiary alicyclic amines) is 1. The van der Waals surface area contributed by atoms with E-state index >= 15 is 0 Å². The third-order valence-corrected chi connectivity index (χ3v) is 5.38. The Morgan fingerprint density at radius 1 is 0.968 bits per heavy atom. The van der Waals surface area contributed by atoms with Crippen LogP contribution in [0.2, 0.25) is 0 Å². The maximum atomic E-state index is 13.1. The molecule has 0 spiro atoms. The van der Waals surface area contributed by atoms with Crippen molar-refractivity contribution in [2.45, 2.75) is 13.1 Å². The zero-order valence-electron chi connectivity index (χ0n) is 17.4. The minimum absolute atomic E-state index is 0.117. The van der Waals surface area contributed by atoms with Crippen LogP contribution in [0.25, 0.3) is 11.1 Å². The van der Waals surface area contributed by atoms with Crippen molar-refractivity contribution in [3.05, 3.63) is 83.4 Å². The number of anilines is 1.